The van der Waals surface area contributed by atoms with Crippen LogP contribution in [0.25, 0.3) is 0 Å². The van der Waals surface area contributed by atoms with Crippen molar-refractivity contribution in [2.24, 2.45) is 10.9 Å². The van der Waals surface area contributed by atoms with Crippen LogP contribution >= 0.6 is 0 Å². The van der Waals surface area contributed by atoms with Gasteiger partial charge in [0.25, 0.3) is 0 Å². The van der Waals surface area contributed by atoms with E-state index in [2.05, 4.69) is 10.1 Å². The van der Waals surface area contributed by atoms with Crippen molar-refractivity contribution in [3.05, 3.63) is 23.4 Å². The van der Waals surface area contributed by atoms with Gasteiger partial charge in [-0.1, -0.05) is 5.16 Å². The molecule has 6 heteroatoms. The van der Waals surface area contributed by atoms with Crippen LogP contribution in [-0.2, 0) is 0 Å². The third-order valence-electron chi connectivity index (χ3n) is 2.63. The number of aliphatic hydroxyl groups is 1. The smallest absolute Gasteiger partial charge is 0.170 e. The van der Waals surface area contributed by atoms with E-state index in [1.54, 1.807) is 12.1 Å². The first-order valence-electron chi connectivity index (χ1n) is 5.30. The van der Waals surface area contributed by atoms with Crippen LogP contribution in [-0.4, -0.2) is 40.8 Å². The van der Waals surface area contributed by atoms with Gasteiger partial charge in [-0.15, -0.1) is 0 Å². The molecule has 0 saturated carbocycles. The van der Waals surface area contributed by atoms with Crippen LogP contribution in [0.15, 0.2) is 17.3 Å². The predicted octanol–water partition coefficient (Wildman–Crippen LogP) is 0.302. The fourth-order valence-corrected chi connectivity index (χ4v) is 1.39. The van der Waals surface area contributed by atoms with Gasteiger partial charge in [-0.05, 0) is 26.0 Å². The number of nitrogens with zero attached hydrogens (tertiary/aromatic N) is 3. The molecule has 0 radical (unpaired) electrons. The highest BCUT2D eigenvalue weighted by atomic mass is 16.4. The molecule has 0 saturated heterocycles. The number of pyridine rings is 1. The number of aromatic nitrogens is 1. The Morgan fingerprint density at radius 3 is 2.76 bits per heavy atom. The van der Waals surface area contributed by atoms with Gasteiger partial charge in [-0.2, -0.15) is 0 Å². The number of oxime groups is 1. The van der Waals surface area contributed by atoms with Crippen LogP contribution in [0.3, 0.4) is 0 Å². The number of aliphatic hydroxyl groups excluding tert-OH is 1. The van der Waals surface area contributed by atoms with Crippen LogP contribution in [0.5, 0.6) is 0 Å². The van der Waals surface area contributed by atoms with Crippen molar-refractivity contribution < 1.29 is 10.3 Å². The van der Waals surface area contributed by atoms with Gasteiger partial charge >= 0.3 is 0 Å². The molecule has 17 heavy (non-hydrogen) atoms. The molecular formula is C11H18N4O2. The number of aryl methyl sites for hydroxylation is 1. The van der Waals surface area contributed by atoms with Crippen molar-refractivity contribution in [1.29, 1.82) is 0 Å². The topological polar surface area (TPSA) is 95.0 Å². The molecule has 94 valence electrons. The Morgan fingerprint density at radius 1 is 1.59 bits per heavy atom. The monoisotopic (exact) mass is 238 g/mol. The minimum atomic E-state index is -0.0514. The summed E-state index contributed by atoms with van der Waals surface area (Å²) in [5, 5.41) is 20.7. The number of likely N-dealkylation sites (N-methyl/N-ethyl adjacent to an activating group) is 1. The molecule has 1 rings (SSSR count). The summed E-state index contributed by atoms with van der Waals surface area (Å²) in [7, 11) is 1.83. The SMILES string of the molecule is Cc1cc(/C(N)=N/O)cc(N(C)C(C)CO)n1. The Kier molecular flexibility index (Phi) is 4.28. The standard InChI is InChI=1S/C11H18N4O2/c1-7-4-9(11(12)14-17)5-10(13-7)15(3)8(2)6-16/h4-5,8,16-17H,6H2,1-3H3,(H2,12,14). The molecule has 0 bridgehead atoms. The van der Waals surface area contributed by atoms with Crippen molar-refractivity contribution in [2.45, 2.75) is 19.9 Å². The zero-order valence-electron chi connectivity index (χ0n) is 10.3. The predicted molar refractivity (Wildman–Crippen MR) is 66.4 cm³/mol. The highest BCUT2D eigenvalue weighted by Crippen LogP contribution is 2.15. The Labute approximate surface area is 100 Å². The number of rotatable bonds is 4. The number of amidine groups is 1. The third-order valence-corrected chi connectivity index (χ3v) is 2.63. The summed E-state index contributed by atoms with van der Waals surface area (Å²) in [6.45, 7) is 3.74. The maximum Gasteiger partial charge on any atom is 0.170 e. The first-order chi connectivity index (χ1) is 7.99. The molecule has 1 heterocycles. The highest BCUT2D eigenvalue weighted by Gasteiger charge is 2.12. The summed E-state index contributed by atoms with van der Waals surface area (Å²) in [5.74, 6) is 0.718. The molecule has 0 aliphatic rings. The molecule has 1 aromatic heterocycles. The molecule has 0 fully saturated rings. The van der Waals surface area contributed by atoms with Crippen LogP contribution in [0.2, 0.25) is 0 Å². The molecule has 1 atom stereocenters. The second kappa shape index (κ2) is 5.49. The summed E-state index contributed by atoms with van der Waals surface area (Å²) < 4.78 is 0. The fourth-order valence-electron chi connectivity index (χ4n) is 1.39. The minimum absolute atomic E-state index is 0.0328. The van der Waals surface area contributed by atoms with E-state index < -0.39 is 0 Å². The van der Waals surface area contributed by atoms with E-state index in [4.69, 9.17) is 16.0 Å². The van der Waals surface area contributed by atoms with Crippen molar-refractivity contribution in [3.8, 4) is 0 Å². The van der Waals surface area contributed by atoms with Gasteiger partial charge in [-0.3, -0.25) is 0 Å². The van der Waals surface area contributed by atoms with E-state index in [1.165, 1.54) is 0 Å². The molecule has 4 N–H and O–H groups in total. The lowest BCUT2D eigenvalue weighted by atomic mass is 10.2. The van der Waals surface area contributed by atoms with Gasteiger partial charge in [0.05, 0.1) is 12.6 Å². The van der Waals surface area contributed by atoms with E-state index in [9.17, 15) is 0 Å². The van der Waals surface area contributed by atoms with E-state index in [0.717, 1.165) is 5.69 Å². The second-order valence-electron chi connectivity index (χ2n) is 3.98. The summed E-state index contributed by atoms with van der Waals surface area (Å²) in [6, 6.07) is 3.40. The first-order valence-corrected chi connectivity index (χ1v) is 5.30. The third kappa shape index (κ3) is 3.07. The Balaban J connectivity index is 3.13. The van der Waals surface area contributed by atoms with Gasteiger partial charge in [0.2, 0.25) is 0 Å². The molecule has 0 aromatic carbocycles. The molecule has 1 aromatic rings. The Bertz CT molecular complexity index is 420. The fraction of sp³-hybridized carbons (Fsp3) is 0.455. The van der Waals surface area contributed by atoms with Crippen LogP contribution in [0.1, 0.15) is 18.2 Å². The van der Waals surface area contributed by atoms with Crippen molar-refractivity contribution in [1.82, 2.24) is 4.98 Å². The Hall–Kier alpha value is -1.82. The molecule has 0 aliphatic heterocycles. The van der Waals surface area contributed by atoms with Gasteiger partial charge < -0.3 is 20.9 Å². The summed E-state index contributed by atoms with van der Waals surface area (Å²) >= 11 is 0. The van der Waals surface area contributed by atoms with Gasteiger partial charge in [0.15, 0.2) is 5.84 Å². The minimum Gasteiger partial charge on any atom is -0.409 e. The zero-order valence-corrected chi connectivity index (χ0v) is 10.3. The molecule has 6 nitrogen and oxygen atoms in total. The van der Waals surface area contributed by atoms with Gasteiger partial charge in [0.1, 0.15) is 5.82 Å². The van der Waals surface area contributed by atoms with Gasteiger partial charge in [0, 0.05) is 18.3 Å². The average molecular weight is 238 g/mol. The summed E-state index contributed by atoms with van der Waals surface area (Å²) in [6.07, 6.45) is 0. The number of hydrogen-bond donors (Lipinski definition) is 3. The lowest BCUT2D eigenvalue weighted by Gasteiger charge is -2.24. The maximum atomic E-state index is 9.10. The largest absolute Gasteiger partial charge is 0.409 e. The summed E-state index contributed by atoms with van der Waals surface area (Å²) in [4.78, 5) is 6.18. The van der Waals surface area contributed by atoms with Crippen molar-refractivity contribution in [2.75, 3.05) is 18.6 Å². The highest BCUT2D eigenvalue weighted by molar-refractivity contribution is 5.97. The first kappa shape index (κ1) is 13.2. The zero-order chi connectivity index (χ0) is 13.0. The normalized spacial score (nSPS) is 13.5. The number of hydrogen-bond acceptors (Lipinski definition) is 5. The van der Waals surface area contributed by atoms with Crippen LogP contribution < -0.4 is 10.6 Å². The van der Waals surface area contributed by atoms with E-state index in [-0.39, 0.29) is 18.5 Å². The van der Waals surface area contributed by atoms with E-state index in [1.807, 2.05) is 25.8 Å². The average Bonchev–Trinajstić information content (AvgIpc) is 2.35. The van der Waals surface area contributed by atoms with Gasteiger partial charge in [-0.25, -0.2) is 4.98 Å². The van der Waals surface area contributed by atoms with E-state index in [0.29, 0.717) is 11.4 Å². The molecule has 0 amide bonds. The number of nitrogens with two attached hydrogens (primary N) is 1. The lowest BCUT2D eigenvalue weighted by Crippen LogP contribution is -2.32. The molecular weight excluding hydrogens is 220 g/mol. The van der Waals surface area contributed by atoms with Crippen LogP contribution in [0, 0.1) is 6.92 Å². The Morgan fingerprint density at radius 2 is 2.24 bits per heavy atom. The maximum absolute atomic E-state index is 9.10. The van der Waals surface area contributed by atoms with Crippen molar-refractivity contribution in [3.63, 3.8) is 0 Å². The van der Waals surface area contributed by atoms with Crippen LogP contribution in [0.4, 0.5) is 5.82 Å². The van der Waals surface area contributed by atoms with Crippen molar-refractivity contribution >= 4 is 11.7 Å². The number of anilines is 1. The lowest BCUT2D eigenvalue weighted by molar-refractivity contribution is 0.270. The second-order valence-corrected chi connectivity index (χ2v) is 3.98. The quantitative estimate of drug-likeness (QED) is 0.303. The van der Waals surface area contributed by atoms with E-state index >= 15 is 0 Å². The summed E-state index contributed by atoms with van der Waals surface area (Å²) in [5.41, 5.74) is 6.91. The molecule has 1 unspecified atom stereocenters. The molecule has 0 spiro atoms. The molecule has 0 aliphatic carbocycles.